The standard InChI is InChI=1S/C10H12Br2O2S/c1-5-6(2-3-14-5)9(13)7-4-8(11)15-10(7)12/h4-6,9,13H,2-3H2,1H3. The van der Waals surface area contributed by atoms with Crippen LogP contribution in [-0.2, 0) is 4.74 Å². The van der Waals surface area contributed by atoms with E-state index in [1.54, 1.807) is 11.3 Å². The van der Waals surface area contributed by atoms with Gasteiger partial charge in [-0.2, -0.15) is 0 Å². The molecule has 1 fully saturated rings. The molecule has 0 aromatic carbocycles. The zero-order chi connectivity index (χ0) is 11.0. The summed E-state index contributed by atoms with van der Waals surface area (Å²) in [5, 5.41) is 10.3. The van der Waals surface area contributed by atoms with Crippen molar-refractivity contribution in [2.24, 2.45) is 5.92 Å². The molecule has 1 saturated heterocycles. The summed E-state index contributed by atoms with van der Waals surface area (Å²) in [6, 6.07) is 1.98. The van der Waals surface area contributed by atoms with E-state index in [9.17, 15) is 5.11 Å². The van der Waals surface area contributed by atoms with Crippen LogP contribution in [0.3, 0.4) is 0 Å². The van der Waals surface area contributed by atoms with Crippen molar-refractivity contribution in [1.29, 1.82) is 0 Å². The van der Waals surface area contributed by atoms with E-state index in [4.69, 9.17) is 4.74 Å². The number of hydrogen-bond donors (Lipinski definition) is 1. The molecular formula is C10H12Br2O2S. The highest BCUT2D eigenvalue weighted by Gasteiger charge is 2.33. The Morgan fingerprint density at radius 3 is 2.80 bits per heavy atom. The van der Waals surface area contributed by atoms with Crippen molar-refractivity contribution in [3.8, 4) is 0 Å². The maximum absolute atomic E-state index is 10.3. The van der Waals surface area contributed by atoms with Gasteiger partial charge >= 0.3 is 0 Å². The Labute approximate surface area is 110 Å². The average molecular weight is 356 g/mol. The molecule has 0 spiro atoms. The van der Waals surface area contributed by atoms with Crippen LogP contribution >= 0.6 is 43.2 Å². The Bertz CT molecular complexity index is 353. The topological polar surface area (TPSA) is 29.5 Å². The molecule has 2 nitrogen and oxygen atoms in total. The molecule has 0 aliphatic carbocycles. The van der Waals surface area contributed by atoms with Crippen LogP contribution < -0.4 is 0 Å². The van der Waals surface area contributed by atoms with Gasteiger partial charge in [0.15, 0.2) is 0 Å². The Morgan fingerprint density at radius 2 is 2.33 bits per heavy atom. The number of aliphatic hydroxyl groups is 1. The summed E-state index contributed by atoms with van der Waals surface area (Å²) >= 11 is 8.48. The van der Waals surface area contributed by atoms with Crippen molar-refractivity contribution in [2.45, 2.75) is 25.6 Å². The first kappa shape index (κ1) is 12.0. The van der Waals surface area contributed by atoms with E-state index >= 15 is 0 Å². The summed E-state index contributed by atoms with van der Waals surface area (Å²) < 4.78 is 7.51. The van der Waals surface area contributed by atoms with Gasteiger partial charge in [-0.1, -0.05) is 0 Å². The van der Waals surface area contributed by atoms with E-state index in [0.29, 0.717) is 0 Å². The lowest BCUT2D eigenvalue weighted by molar-refractivity contribution is 0.0430. The minimum Gasteiger partial charge on any atom is -0.388 e. The van der Waals surface area contributed by atoms with Crippen LogP contribution in [0.1, 0.15) is 25.0 Å². The molecule has 5 heteroatoms. The van der Waals surface area contributed by atoms with Gasteiger partial charge in [-0.15, -0.1) is 11.3 Å². The Hall–Kier alpha value is 0.580. The van der Waals surface area contributed by atoms with Crippen molar-refractivity contribution < 1.29 is 9.84 Å². The second kappa shape index (κ2) is 4.84. The molecule has 0 bridgehead atoms. The summed E-state index contributed by atoms with van der Waals surface area (Å²) in [5.41, 5.74) is 0.967. The number of hydrogen-bond acceptors (Lipinski definition) is 3. The normalized spacial score (nSPS) is 28.3. The van der Waals surface area contributed by atoms with Gasteiger partial charge in [0.1, 0.15) is 0 Å². The summed E-state index contributed by atoms with van der Waals surface area (Å²) in [6.45, 7) is 2.78. The molecule has 0 saturated carbocycles. The van der Waals surface area contributed by atoms with Crippen molar-refractivity contribution in [3.05, 3.63) is 19.2 Å². The van der Waals surface area contributed by atoms with Gasteiger partial charge in [0.05, 0.1) is 19.8 Å². The van der Waals surface area contributed by atoms with Crippen molar-refractivity contribution in [1.82, 2.24) is 0 Å². The number of thiophene rings is 1. The third kappa shape index (κ3) is 2.47. The lowest BCUT2D eigenvalue weighted by Gasteiger charge is -2.20. The zero-order valence-electron chi connectivity index (χ0n) is 8.24. The Balaban J connectivity index is 2.19. The van der Waals surface area contributed by atoms with Gasteiger partial charge in [-0.3, -0.25) is 0 Å². The molecule has 2 heterocycles. The second-order valence-electron chi connectivity index (χ2n) is 3.75. The fourth-order valence-corrected chi connectivity index (χ4v) is 4.86. The van der Waals surface area contributed by atoms with Gasteiger partial charge in [-0.25, -0.2) is 0 Å². The fourth-order valence-electron chi connectivity index (χ4n) is 1.95. The van der Waals surface area contributed by atoms with Crippen LogP contribution in [-0.4, -0.2) is 17.8 Å². The summed E-state index contributed by atoms with van der Waals surface area (Å²) in [4.78, 5) is 0. The fraction of sp³-hybridized carbons (Fsp3) is 0.600. The molecule has 15 heavy (non-hydrogen) atoms. The highest BCUT2D eigenvalue weighted by molar-refractivity contribution is 9.12. The van der Waals surface area contributed by atoms with Crippen LogP contribution in [0.15, 0.2) is 13.6 Å². The quantitative estimate of drug-likeness (QED) is 0.875. The molecule has 3 unspecified atom stereocenters. The molecule has 84 valence electrons. The molecule has 2 rings (SSSR count). The third-order valence-corrected chi connectivity index (χ3v) is 5.23. The average Bonchev–Trinajstić information content (AvgIpc) is 2.71. The first-order valence-electron chi connectivity index (χ1n) is 4.84. The van der Waals surface area contributed by atoms with Gasteiger partial charge in [-0.05, 0) is 51.3 Å². The number of ether oxygens (including phenoxy) is 1. The number of halogens is 2. The highest BCUT2D eigenvalue weighted by atomic mass is 79.9. The SMILES string of the molecule is CC1OCCC1C(O)c1cc(Br)sc1Br. The van der Waals surface area contributed by atoms with Gasteiger partial charge in [0.2, 0.25) is 0 Å². The first-order valence-corrected chi connectivity index (χ1v) is 7.24. The number of aliphatic hydroxyl groups excluding tert-OH is 1. The van der Waals surface area contributed by atoms with Crippen LogP contribution in [0.2, 0.25) is 0 Å². The zero-order valence-corrected chi connectivity index (χ0v) is 12.2. The molecule has 1 aromatic heterocycles. The minimum atomic E-state index is -0.431. The molecule has 1 aliphatic heterocycles. The summed E-state index contributed by atoms with van der Waals surface area (Å²) in [7, 11) is 0. The predicted molar refractivity (Wildman–Crippen MR) is 68.2 cm³/mol. The maximum Gasteiger partial charge on any atom is 0.0863 e. The number of rotatable bonds is 2. The summed E-state index contributed by atoms with van der Waals surface area (Å²) in [5.74, 6) is 0.211. The van der Waals surface area contributed by atoms with E-state index in [1.165, 1.54) is 0 Å². The van der Waals surface area contributed by atoms with Crippen molar-refractivity contribution >= 4 is 43.2 Å². The maximum atomic E-state index is 10.3. The molecule has 0 radical (unpaired) electrons. The lowest BCUT2D eigenvalue weighted by atomic mass is 9.92. The lowest BCUT2D eigenvalue weighted by Crippen LogP contribution is -2.19. The van der Waals surface area contributed by atoms with E-state index in [1.807, 2.05) is 13.0 Å². The minimum absolute atomic E-state index is 0.144. The molecule has 3 atom stereocenters. The molecule has 0 amide bonds. The van der Waals surface area contributed by atoms with Crippen molar-refractivity contribution in [2.75, 3.05) is 6.61 Å². The summed E-state index contributed by atoms with van der Waals surface area (Å²) in [6.07, 6.45) is 0.646. The van der Waals surface area contributed by atoms with E-state index in [-0.39, 0.29) is 12.0 Å². The van der Waals surface area contributed by atoms with E-state index < -0.39 is 6.10 Å². The van der Waals surface area contributed by atoms with Gasteiger partial charge in [0, 0.05) is 18.1 Å². The molecule has 1 aromatic rings. The van der Waals surface area contributed by atoms with Crippen LogP contribution in [0.4, 0.5) is 0 Å². The van der Waals surface area contributed by atoms with Crippen LogP contribution in [0.5, 0.6) is 0 Å². The largest absolute Gasteiger partial charge is 0.388 e. The predicted octanol–water partition coefficient (Wildman–Crippen LogP) is 3.73. The van der Waals surface area contributed by atoms with Crippen molar-refractivity contribution in [3.63, 3.8) is 0 Å². The second-order valence-corrected chi connectivity index (χ2v) is 7.50. The molecule has 1 N–H and O–H groups in total. The molecular weight excluding hydrogens is 344 g/mol. The van der Waals surface area contributed by atoms with Crippen LogP contribution in [0, 0.1) is 5.92 Å². The van der Waals surface area contributed by atoms with E-state index in [2.05, 4.69) is 31.9 Å². The van der Waals surface area contributed by atoms with Gasteiger partial charge in [0.25, 0.3) is 0 Å². The van der Waals surface area contributed by atoms with Gasteiger partial charge < -0.3 is 9.84 Å². The third-order valence-electron chi connectivity index (χ3n) is 2.84. The molecule has 1 aliphatic rings. The van der Waals surface area contributed by atoms with E-state index in [0.717, 1.165) is 26.2 Å². The highest BCUT2D eigenvalue weighted by Crippen LogP contribution is 2.41. The Morgan fingerprint density at radius 1 is 1.60 bits per heavy atom. The monoisotopic (exact) mass is 354 g/mol. The smallest absolute Gasteiger partial charge is 0.0863 e. The Kier molecular flexibility index (Phi) is 3.88. The van der Waals surface area contributed by atoms with Crippen LogP contribution in [0.25, 0.3) is 0 Å². The first-order chi connectivity index (χ1) is 7.09.